The van der Waals surface area contributed by atoms with Gasteiger partial charge in [0.25, 0.3) is 5.91 Å². The van der Waals surface area contributed by atoms with Gasteiger partial charge in [-0.1, -0.05) is 12.1 Å². The highest BCUT2D eigenvalue weighted by molar-refractivity contribution is 7.18. The molecular formula is C14H16F3N4O2S+. The Labute approximate surface area is 139 Å². The van der Waals surface area contributed by atoms with E-state index in [2.05, 4.69) is 4.98 Å². The second kappa shape index (κ2) is 7.58. The fourth-order valence-electron chi connectivity index (χ4n) is 1.99. The second-order valence-electron chi connectivity index (χ2n) is 5.23. The highest BCUT2D eigenvalue weighted by atomic mass is 32.1. The summed E-state index contributed by atoms with van der Waals surface area (Å²) in [6.45, 7) is -1.08. The number of benzene rings is 1. The lowest BCUT2D eigenvalue weighted by molar-refractivity contribution is -0.885. The van der Waals surface area contributed by atoms with Gasteiger partial charge in [-0.3, -0.25) is 10.1 Å². The third kappa shape index (κ3) is 5.78. The highest BCUT2D eigenvalue weighted by Gasteiger charge is 2.28. The third-order valence-electron chi connectivity index (χ3n) is 2.96. The number of urea groups is 1. The number of likely N-dealkylation sites (N-methyl/N-ethyl adjacent to an activating group) is 1. The molecule has 24 heavy (non-hydrogen) atoms. The normalized spacial score (nSPS) is 12.8. The van der Waals surface area contributed by atoms with Crippen molar-refractivity contribution in [3.63, 3.8) is 0 Å². The van der Waals surface area contributed by atoms with Crippen molar-refractivity contribution in [2.75, 3.05) is 20.1 Å². The summed E-state index contributed by atoms with van der Waals surface area (Å²) in [5.41, 5.74) is 0.876. The zero-order chi connectivity index (χ0) is 17.7. The number of thiazole rings is 1. The van der Waals surface area contributed by atoms with Crippen LogP contribution >= 0.6 is 11.3 Å². The van der Waals surface area contributed by atoms with Gasteiger partial charge >= 0.3 is 12.2 Å². The molecule has 0 aliphatic carbocycles. The van der Waals surface area contributed by atoms with Gasteiger partial charge in [-0.15, -0.1) is 11.3 Å². The van der Waals surface area contributed by atoms with Crippen molar-refractivity contribution >= 4 is 33.5 Å². The number of imide groups is 1. The fourth-order valence-corrected chi connectivity index (χ4v) is 3.07. The van der Waals surface area contributed by atoms with Crippen molar-refractivity contribution in [1.82, 2.24) is 15.6 Å². The SMILES string of the molecule is C[NH+](CC(=O)NC(=O)NCC(F)(F)F)Cc1nc2ccccc2s1. The minimum atomic E-state index is -4.52. The van der Waals surface area contributed by atoms with Gasteiger partial charge in [-0.25, -0.2) is 9.78 Å². The molecule has 0 saturated heterocycles. The number of hydrogen-bond acceptors (Lipinski definition) is 4. The van der Waals surface area contributed by atoms with Crippen LogP contribution in [-0.2, 0) is 11.3 Å². The summed E-state index contributed by atoms with van der Waals surface area (Å²) >= 11 is 1.51. The Morgan fingerprint density at radius 1 is 1.29 bits per heavy atom. The van der Waals surface area contributed by atoms with Crippen molar-refractivity contribution in [2.24, 2.45) is 0 Å². The molecule has 1 aromatic heterocycles. The van der Waals surface area contributed by atoms with Gasteiger partial charge in [-0.2, -0.15) is 13.2 Å². The Hall–Kier alpha value is -2.20. The number of hydrogen-bond donors (Lipinski definition) is 3. The van der Waals surface area contributed by atoms with Crippen LogP contribution < -0.4 is 15.5 Å². The van der Waals surface area contributed by atoms with Crippen LogP contribution in [0.1, 0.15) is 5.01 Å². The number of quaternary nitrogens is 1. The summed E-state index contributed by atoms with van der Waals surface area (Å²) in [5.74, 6) is -0.659. The van der Waals surface area contributed by atoms with Crippen LogP contribution in [0.4, 0.5) is 18.0 Å². The van der Waals surface area contributed by atoms with Crippen LogP contribution in [0.5, 0.6) is 0 Å². The molecule has 1 atom stereocenters. The number of nitrogens with one attached hydrogen (secondary N) is 3. The molecule has 2 rings (SSSR count). The standard InChI is InChI=1S/C14H15F3N4O2S/c1-21(6-11(22)20-13(23)18-8-14(15,16)17)7-12-19-9-4-2-3-5-10(9)24-12/h2-5H,6-8H2,1H3,(H2,18,20,22,23)/p+1. The van der Waals surface area contributed by atoms with E-state index in [4.69, 9.17) is 0 Å². The third-order valence-corrected chi connectivity index (χ3v) is 3.99. The number of rotatable bonds is 5. The van der Waals surface area contributed by atoms with Crippen molar-refractivity contribution in [2.45, 2.75) is 12.7 Å². The smallest absolute Gasteiger partial charge is 0.329 e. The zero-order valence-corrected chi connectivity index (χ0v) is 13.6. The lowest BCUT2D eigenvalue weighted by Gasteiger charge is -2.12. The Morgan fingerprint density at radius 3 is 2.67 bits per heavy atom. The molecular weight excluding hydrogens is 345 g/mol. The molecule has 2 aromatic rings. The molecule has 1 heterocycles. The van der Waals surface area contributed by atoms with Crippen LogP contribution in [0.2, 0.25) is 0 Å². The molecule has 0 spiro atoms. The van der Waals surface area contributed by atoms with Crippen LogP contribution in [0.15, 0.2) is 24.3 Å². The quantitative estimate of drug-likeness (QED) is 0.734. The van der Waals surface area contributed by atoms with Crippen molar-refractivity contribution in [3.05, 3.63) is 29.3 Å². The molecule has 0 saturated carbocycles. The predicted octanol–water partition coefficient (Wildman–Crippen LogP) is 0.699. The molecule has 130 valence electrons. The topological polar surface area (TPSA) is 75.5 Å². The number of carbonyl (C=O) groups excluding carboxylic acids is 2. The van der Waals surface area contributed by atoms with Crippen LogP contribution in [0.25, 0.3) is 10.2 Å². The van der Waals surface area contributed by atoms with E-state index >= 15 is 0 Å². The van der Waals surface area contributed by atoms with E-state index in [1.165, 1.54) is 11.3 Å². The molecule has 3 N–H and O–H groups in total. The van der Waals surface area contributed by atoms with Gasteiger partial charge in [0.1, 0.15) is 18.1 Å². The first-order valence-electron chi connectivity index (χ1n) is 7.03. The van der Waals surface area contributed by atoms with Gasteiger partial charge in [-0.05, 0) is 12.1 Å². The van der Waals surface area contributed by atoms with E-state index in [1.807, 2.05) is 29.6 Å². The van der Waals surface area contributed by atoms with Gasteiger partial charge in [0.05, 0.1) is 17.3 Å². The molecule has 0 fully saturated rings. The summed E-state index contributed by atoms with van der Waals surface area (Å²) < 4.78 is 36.9. The molecule has 0 aliphatic heterocycles. The van der Waals surface area contributed by atoms with Crippen LogP contribution in [-0.4, -0.2) is 43.2 Å². The van der Waals surface area contributed by atoms with Crippen LogP contribution in [0, 0.1) is 0 Å². The average Bonchev–Trinajstić information content (AvgIpc) is 2.86. The lowest BCUT2D eigenvalue weighted by Crippen LogP contribution is -3.09. The highest BCUT2D eigenvalue weighted by Crippen LogP contribution is 2.20. The van der Waals surface area contributed by atoms with E-state index in [9.17, 15) is 22.8 Å². The molecule has 0 bridgehead atoms. The molecule has 10 heteroatoms. The number of fused-ring (bicyclic) bond motifs is 1. The average molecular weight is 361 g/mol. The van der Waals surface area contributed by atoms with E-state index < -0.39 is 24.7 Å². The Bertz CT molecular complexity index is 699. The Kier molecular flexibility index (Phi) is 5.73. The van der Waals surface area contributed by atoms with Crippen molar-refractivity contribution < 1.29 is 27.7 Å². The number of aromatic nitrogens is 1. The maximum Gasteiger partial charge on any atom is 0.405 e. The Morgan fingerprint density at radius 2 is 2.00 bits per heavy atom. The number of alkyl halides is 3. The molecule has 1 aromatic carbocycles. The molecule has 1 unspecified atom stereocenters. The summed E-state index contributed by atoms with van der Waals surface area (Å²) in [6, 6.07) is 6.47. The first kappa shape index (κ1) is 18.1. The second-order valence-corrected chi connectivity index (χ2v) is 6.35. The monoisotopic (exact) mass is 361 g/mol. The van der Waals surface area contributed by atoms with Gasteiger partial charge in [0.2, 0.25) is 0 Å². The van der Waals surface area contributed by atoms with Gasteiger partial charge < -0.3 is 10.2 Å². The Balaban J connectivity index is 1.80. The summed E-state index contributed by atoms with van der Waals surface area (Å²) in [5, 5.41) is 4.28. The van der Waals surface area contributed by atoms with E-state index in [0.717, 1.165) is 20.1 Å². The van der Waals surface area contributed by atoms with E-state index in [-0.39, 0.29) is 6.54 Å². The maximum absolute atomic E-state index is 12.0. The number of para-hydroxylation sites is 1. The minimum Gasteiger partial charge on any atom is -0.329 e. The lowest BCUT2D eigenvalue weighted by atomic mass is 10.3. The molecule has 3 amide bonds. The van der Waals surface area contributed by atoms with Crippen molar-refractivity contribution in [1.29, 1.82) is 0 Å². The fraction of sp³-hybridized carbons (Fsp3) is 0.357. The minimum absolute atomic E-state index is 0.0602. The number of carbonyl (C=O) groups is 2. The number of amides is 3. The molecule has 6 nitrogen and oxygen atoms in total. The molecule has 0 aliphatic rings. The van der Waals surface area contributed by atoms with Gasteiger partial charge in [0.15, 0.2) is 6.54 Å². The maximum atomic E-state index is 12.0. The predicted molar refractivity (Wildman–Crippen MR) is 82.7 cm³/mol. The number of halogens is 3. The molecule has 0 radical (unpaired) electrons. The summed E-state index contributed by atoms with van der Waals surface area (Å²) in [4.78, 5) is 28.1. The van der Waals surface area contributed by atoms with E-state index in [0.29, 0.717) is 6.54 Å². The van der Waals surface area contributed by atoms with Crippen LogP contribution in [0.3, 0.4) is 0 Å². The summed E-state index contributed by atoms with van der Waals surface area (Å²) in [6.07, 6.45) is -4.52. The summed E-state index contributed by atoms with van der Waals surface area (Å²) in [7, 11) is 1.74. The zero-order valence-electron chi connectivity index (χ0n) is 12.7. The first-order valence-corrected chi connectivity index (χ1v) is 7.85. The largest absolute Gasteiger partial charge is 0.405 e. The van der Waals surface area contributed by atoms with Gasteiger partial charge in [0, 0.05) is 0 Å². The first-order chi connectivity index (χ1) is 11.2. The van der Waals surface area contributed by atoms with E-state index in [1.54, 1.807) is 12.4 Å². The van der Waals surface area contributed by atoms with Crippen molar-refractivity contribution in [3.8, 4) is 0 Å². The number of nitrogens with zero attached hydrogens (tertiary/aromatic N) is 1.